The Bertz CT molecular complexity index is 742. The number of rotatable bonds is 2. The van der Waals surface area contributed by atoms with Gasteiger partial charge >= 0.3 is 0 Å². The van der Waals surface area contributed by atoms with Gasteiger partial charge in [-0.05, 0) is 57.7 Å². The molecule has 25 heavy (non-hydrogen) atoms. The highest BCUT2D eigenvalue weighted by Crippen LogP contribution is 2.47. The van der Waals surface area contributed by atoms with Crippen LogP contribution in [0.15, 0.2) is 36.4 Å². The third kappa shape index (κ3) is 3.26. The molecule has 0 spiro atoms. The van der Waals surface area contributed by atoms with E-state index >= 15 is 0 Å². The first kappa shape index (κ1) is 17.2. The largest absolute Gasteiger partial charge is 0.457 e. The molecule has 5 heteroatoms. The molecule has 0 N–H and O–H groups in total. The summed E-state index contributed by atoms with van der Waals surface area (Å²) in [5.74, 6) is 1.67. The Morgan fingerprint density at radius 1 is 1.00 bits per heavy atom. The van der Waals surface area contributed by atoms with Crippen molar-refractivity contribution in [2.45, 2.75) is 24.9 Å². The molecule has 2 aliphatic rings. The monoisotopic (exact) mass is 376 g/mol. The van der Waals surface area contributed by atoms with E-state index in [0.29, 0.717) is 16.1 Å². The van der Waals surface area contributed by atoms with Gasteiger partial charge in [0, 0.05) is 33.8 Å². The summed E-state index contributed by atoms with van der Waals surface area (Å²) in [6, 6.07) is 12.6. The van der Waals surface area contributed by atoms with Crippen LogP contribution < -0.4 is 4.74 Å². The zero-order chi connectivity index (χ0) is 17.6. The van der Waals surface area contributed by atoms with Crippen LogP contribution in [-0.4, -0.2) is 43.0 Å². The van der Waals surface area contributed by atoms with Gasteiger partial charge < -0.3 is 9.64 Å². The van der Waals surface area contributed by atoms with Crippen molar-refractivity contribution in [1.82, 2.24) is 9.80 Å². The van der Waals surface area contributed by atoms with E-state index in [1.54, 1.807) is 0 Å². The van der Waals surface area contributed by atoms with E-state index < -0.39 is 0 Å². The Hall–Kier alpha value is -1.26. The summed E-state index contributed by atoms with van der Waals surface area (Å²) in [5.41, 5.74) is 2.36. The van der Waals surface area contributed by atoms with Gasteiger partial charge in [-0.25, -0.2) is 0 Å². The Morgan fingerprint density at radius 3 is 2.16 bits per heavy atom. The standard InChI is InChI=1S/C20H22Cl2N2O/c1-23(2)15-4-3-9-24(12-15)20-16-7-5-13(21)10-18(16)25-19-11-14(22)6-8-17(19)20/h5-8,10-11,15,20H,3-4,9,12H2,1-2H3. The Labute approximate surface area is 159 Å². The molecule has 1 saturated heterocycles. The topological polar surface area (TPSA) is 15.7 Å². The first-order valence-electron chi connectivity index (χ1n) is 8.70. The van der Waals surface area contributed by atoms with Crippen LogP contribution in [0.5, 0.6) is 11.5 Å². The van der Waals surface area contributed by atoms with E-state index in [2.05, 4.69) is 36.0 Å². The van der Waals surface area contributed by atoms with Crippen LogP contribution in [0.1, 0.15) is 30.0 Å². The predicted octanol–water partition coefficient (Wildman–Crippen LogP) is 5.21. The second-order valence-electron chi connectivity index (χ2n) is 7.12. The highest BCUT2D eigenvalue weighted by atomic mass is 35.5. The summed E-state index contributed by atoms with van der Waals surface area (Å²) in [7, 11) is 4.33. The minimum Gasteiger partial charge on any atom is -0.457 e. The van der Waals surface area contributed by atoms with Crippen molar-refractivity contribution in [2.24, 2.45) is 0 Å². The molecule has 2 aromatic carbocycles. The zero-order valence-corrected chi connectivity index (χ0v) is 16.0. The lowest BCUT2D eigenvalue weighted by Gasteiger charge is -2.42. The van der Waals surface area contributed by atoms with Crippen LogP contribution in [0.25, 0.3) is 0 Å². The van der Waals surface area contributed by atoms with Gasteiger partial charge in [0.05, 0.1) is 6.04 Å². The van der Waals surface area contributed by atoms with Gasteiger partial charge in [0.25, 0.3) is 0 Å². The summed E-state index contributed by atoms with van der Waals surface area (Å²) in [6.45, 7) is 2.13. The smallest absolute Gasteiger partial charge is 0.134 e. The van der Waals surface area contributed by atoms with E-state index in [-0.39, 0.29) is 6.04 Å². The molecule has 0 aliphatic carbocycles. The average molecular weight is 377 g/mol. The van der Waals surface area contributed by atoms with Crippen molar-refractivity contribution in [3.8, 4) is 11.5 Å². The number of ether oxygens (including phenoxy) is 1. The van der Waals surface area contributed by atoms with Gasteiger partial charge in [-0.2, -0.15) is 0 Å². The summed E-state index contributed by atoms with van der Waals surface area (Å²) < 4.78 is 6.13. The molecule has 1 fully saturated rings. The quantitative estimate of drug-likeness (QED) is 0.714. The zero-order valence-electron chi connectivity index (χ0n) is 14.5. The maximum atomic E-state index is 6.21. The number of hydrogen-bond acceptors (Lipinski definition) is 3. The van der Waals surface area contributed by atoms with Crippen LogP contribution in [-0.2, 0) is 0 Å². The van der Waals surface area contributed by atoms with Crippen molar-refractivity contribution in [3.05, 3.63) is 57.6 Å². The normalized spacial score (nSPS) is 20.9. The van der Waals surface area contributed by atoms with E-state index in [0.717, 1.165) is 24.6 Å². The molecular weight excluding hydrogens is 355 g/mol. The minimum atomic E-state index is 0.177. The summed E-state index contributed by atoms with van der Waals surface area (Å²) in [4.78, 5) is 4.90. The van der Waals surface area contributed by atoms with Gasteiger partial charge in [0.2, 0.25) is 0 Å². The molecule has 1 unspecified atom stereocenters. The fourth-order valence-corrected chi connectivity index (χ4v) is 4.29. The summed E-state index contributed by atoms with van der Waals surface area (Å²) in [5, 5.41) is 1.38. The van der Waals surface area contributed by atoms with Gasteiger partial charge in [-0.1, -0.05) is 35.3 Å². The fraction of sp³-hybridized carbons (Fsp3) is 0.400. The molecule has 2 heterocycles. The molecule has 4 rings (SSSR count). The second-order valence-corrected chi connectivity index (χ2v) is 8.00. The Balaban J connectivity index is 1.78. The third-order valence-electron chi connectivity index (χ3n) is 5.28. The lowest BCUT2D eigenvalue weighted by molar-refractivity contribution is 0.106. The number of hydrogen-bond donors (Lipinski definition) is 0. The van der Waals surface area contributed by atoms with Crippen molar-refractivity contribution in [3.63, 3.8) is 0 Å². The van der Waals surface area contributed by atoms with Crippen LogP contribution in [0.2, 0.25) is 10.0 Å². The Kier molecular flexibility index (Phi) is 4.67. The maximum absolute atomic E-state index is 6.21. The van der Waals surface area contributed by atoms with Crippen molar-refractivity contribution in [2.75, 3.05) is 27.2 Å². The highest BCUT2D eigenvalue weighted by molar-refractivity contribution is 6.31. The number of likely N-dealkylation sites (tertiary alicyclic amines) is 1. The molecular formula is C20H22Cl2N2O. The molecule has 3 nitrogen and oxygen atoms in total. The average Bonchev–Trinajstić information content (AvgIpc) is 2.59. The van der Waals surface area contributed by atoms with E-state index in [9.17, 15) is 0 Å². The molecule has 0 saturated carbocycles. The molecule has 1 atom stereocenters. The number of fused-ring (bicyclic) bond motifs is 2. The SMILES string of the molecule is CN(C)C1CCCN(C2c3ccc(Cl)cc3Oc3cc(Cl)ccc32)C1. The van der Waals surface area contributed by atoms with Gasteiger partial charge in [-0.3, -0.25) is 4.90 Å². The second kappa shape index (κ2) is 6.81. The van der Waals surface area contributed by atoms with Gasteiger partial charge in [0.1, 0.15) is 11.5 Å². The van der Waals surface area contributed by atoms with Crippen molar-refractivity contribution < 1.29 is 4.74 Å². The van der Waals surface area contributed by atoms with E-state index in [1.807, 2.05) is 24.3 Å². The molecule has 132 valence electrons. The number of piperidine rings is 1. The Morgan fingerprint density at radius 2 is 1.60 bits per heavy atom. The molecule has 0 bridgehead atoms. The minimum absolute atomic E-state index is 0.177. The fourth-order valence-electron chi connectivity index (χ4n) is 3.96. The van der Waals surface area contributed by atoms with Crippen LogP contribution in [0, 0.1) is 0 Å². The maximum Gasteiger partial charge on any atom is 0.134 e. The van der Waals surface area contributed by atoms with Crippen molar-refractivity contribution in [1.29, 1.82) is 0 Å². The third-order valence-corrected chi connectivity index (χ3v) is 5.75. The first-order valence-corrected chi connectivity index (χ1v) is 9.46. The van der Waals surface area contributed by atoms with Gasteiger partial charge in [0.15, 0.2) is 0 Å². The first-order chi connectivity index (χ1) is 12.0. The van der Waals surface area contributed by atoms with E-state index in [1.165, 1.54) is 24.0 Å². The van der Waals surface area contributed by atoms with Gasteiger partial charge in [-0.15, -0.1) is 0 Å². The number of halogens is 2. The molecule has 2 aliphatic heterocycles. The number of likely N-dealkylation sites (N-methyl/N-ethyl adjacent to an activating group) is 1. The van der Waals surface area contributed by atoms with Crippen LogP contribution in [0.3, 0.4) is 0 Å². The van der Waals surface area contributed by atoms with E-state index in [4.69, 9.17) is 27.9 Å². The lowest BCUT2D eigenvalue weighted by Crippen LogP contribution is -2.47. The predicted molar refractivity (Wildman–Crippen MR) is 103 cm³/mol. The molecule has 0 radical (unpaired) electrons. The molecule has 0 amide bonds. The number of nitrogens with zero attached hydrogens (tertiary/aromatic N) is 2. The summed E-state index contributed by atoms with van der Waals surface area (Å²) in [6.07, 6.45) is 2.44. The van der Waals surface area contributed by atoms with Crippen LogP contribution in [0.4, 0.5) is 0 Å². The highest BCUT2D eigenvalue weighted by Gasteiger charge is 2.35. The van der Waals surface area contributed by atoms with Crippen molar-refractivity contribution >= 4 is 23.2 Å². The summed E-state index contributed by atoms with van der Waals surface area (Å²) >= 11 is 12.4. The molecule has 0 aromatic heterocycles. The van der Waals surface area contributed by atoms with Crippen LogP contribution >= 0.6 is 23.2 Å². The lowest BCUT2D eigenvalue weighted by atomic mass is 9.91. The number of benzene rings is 2. The molecule has 2 aromatic rings.